The molecule has 1 aromatic carbocycles. The number of benzene rings is 1. The molecule has 2 atom stereocenters. The van der Waals surface area contributed by atoms with Crippen LogP contribution in [0.25, 0.3) is 0 Å². The van der Waals surface area contributed by atoms with E-state index >= 15 is 0 Å². The zero-order chi connectivity index (χ0) is 13.1. The van der Waals surface area contributed by atoms with Gasteiger partial charge in [0.25, 0.3) is 0 Å². The van der Waals surface area contributed by atoms with Gasteiger partial charge in [-0.05, 0) is 81.6 Å². The summed E-state index contributed by atoms with van der Waals surface area (Å²) in [6.45, 7) is 11.6. The van der Waals surface area contributed by atoms with E-state index in [1.807, 2.05) is 0 Å². The minimum atomic E-state index is 0.860. The highest BCUT2D eigenvalue weighted by Crippen LogP contribution is 2.25. The van der Waals surface area contributed by atoms with E-state index in [1.54, 1.807) is 5.56 Å². The summed E-state index contributed by atoms with van der Waals surface area (Å²) in [5.74, 6) is 1.75. The first kappa shape index (κ1) is 13.6. The van der Waals surface area contributed by atoms with E-state index in [2.05, 4.69) is 45.1 Å². The third-order valence-corrected chi connectivity index (χ3v) is 4.59. The first-order chi connectivity index (χ1) is 8.58. The number of piperidine rings is 1. The molecule has 1 heteroatoms. The number of hydrogen-bond acceptors (Lipinski definition) is 1. The predicted molar refractivity (Wildman–Crippen MR) is 79.1 cm³/mol. The fraction of sp³-hybridized carbons (Fsp3) is 0.647. The molecular weight excluding hydrogens is 218 g/mol. The van der Waals surface area contributed by atoms with Crippen molar-refractivity contribution in [3.05, 3.63) is 34.4 Å². The van der Waals surface area contributed by atoms with Crippen molar-refractivity contribution in [2.75, 3.05) is 13.1 Å². The zero-order valence-electron chi connectivity index (χ0n) is 12.3. The lowest BCUT2D eigenvalue weighted by atomic mass is 9.83. The normalized spacial score (nSPS) is 24.2. The maximum absolute atomic E-state index is 3.54. The average molecular weight is 245 g/mol. The molecule has 0 aromatic heterocycles. The summed E-state index contributed by atoms with van der Waals surface area (Å²) < 4.78 is 0. The SMILES string of the molecule is Cc1cc(C)c(CCC2CNCCC2C)c(C)c1. The van der Waals surface area contributed by atoms with Crippen LogP contribution in [0.2, 0.25) is 0 Å². The van der Waals surface area contributed by atoms with Crippen LogP contribution in [0.4, 0.5) is 0 Å². The largest absolute Gasteiger partial charge is 0.316 e. The van der Waals surface area contributed by atoms with Crippen LogP contribution in [0.3, 0.4) is 0 Å². The number of aryl methyl sites for hydroxylation is 3. The van der Waals surface area contributed by atoms with Gasteiger partial charge in [-0.15, -0.1) is 0 Å². The minimum Gasteiger partial charge on any atom is -0.316 e. The molecule has 1 saturated heterocycles. The molecule has 2 rings (SSSR count). The van der Waals surface area contributed by atoms with Crippen molar-refractivity contribution >= 4 is 0 Å². The van der Waals surface area contributed by atoms with E-state index in [4.69, 9.17) is 0 Å². The molecule has 0 radical (unpaired) electrons. The first-order valence-electron chi connectivity index (χ1n) is 7.35. The molecular formula is C17H27N. The van der Waals surface area contributed by atoms with Gasteiger partial charge < -0.3 is 5.32 Å². The maximum Gasteiger partial charge on any atom is -0.00178 e. The van der Waals surface area contributed by atoms with Crippen molar-refractivity contribution in [2.45, 2.75) is 47.0 Å². The van der Waals surface area contributed by atoms with Crippen molar-refractivity contribution in [1.29, 1.82) is 0 Å². The van der Waals surface area contributed by atoms with Crippen LogP contribution in [0.1, 0.15) is 42.0 Å². The number of nitrogens with one attached hydrogen (secondary N) is 1. The highest BCUT2D eigenvalue weighted by atomic mass is 14.9. The quantitative estimate of drug-likeness (QED) is 0.854. The van der Waals surface area contributed by atoms with Gasteiger partial charge in [0.15, 0.2) is 0 Å². The molecule has 0 amide bonds. The highest BCUT2D eigenvalue weighted by Gasteiger charge is 2.21. The Morgan fingerprint density at radius 1 is 1.17 bits per heavy atom. The van der Waals surface area contributed by atoms with E-state index < -0.39 is 0 Å². The standard InChI is InChI=1S/C17H27N/c1-12-9-14(3)17(15(4)10-12)6-5-16-11-18-8-7-13(16)2/h9-10,13,16,18H,5-8,11H2,1-4H3. The van der Waals surface area contributed by atoms with Gasteiger partial charge in [0.05, 0.1) is 0 Å². The second kappa shape index (κ2) is 5.88. The molecule has 0 bridgehead atoms. The molecule has 100 valence electrons. The van der Waals surface area contributed by atoms with Gasteiger partial charge in [0, 0.05) is 0 Å². The van der Waals surface area contributed by atoms with Gasteiger partial charge >= 0.3 is 0 Å². The summed E-state index contributed by atoms with van der Waals surface area (Å²) in [5.41, 5.74) is 5.92. The van der Waals surface area contributed by atoms with E-state index in [1.165, 1.54) is 49.0 Å². The smallest absolute Gasteiger partial charge is 0.00178 e. The third-order valence-electron chi connectivity index (χ3n) is 4.59. The first-order valence-corrected chi connectivity index (χ1v) is 7.35. The Morgan fingerprint density at radius 2 is 1.83 bits per heavy atom. The summed E-state index contributed by atoms with van der Waals surface area (Å²) >= 11 is 0. The minimum absolute atomic E-state index is 0.860. The van der Waals surface area contributed by atoms with Crippen LogP contribution in [0, 0.1) is 32.6 Å². The van der Waals surface area contributed by atoms with Gasteiger partial charge in [-0.25, -0.2) is 0 Å². The van der Waals surface area contributed by atoms with Crippen molar-refractivity contribution in [3.63, 3.8) is 0 Å². The van der Waals surface area contributed by atoms with Gasteiger partial charge in [-0.1, -0.05) is 24.6 Å². The number of hydrogen-bond donors (Lipinski definition) is 1. The average Bonchev–Trinajstić information content (AvgIpc) is 2.30. The summed E-state index contributed by atoms with van der Waals surface area (Å²) in [6, 6.07) is 4.65. The van der Waals surface area contributed by atoms with Crippen molar-refractivity contribution in [2.24, 2.45) is 11.8 Å². The molecule has 2 unspecified atom stereocenters. The Balaban J connectivity index is 2.01. The Morgan fingerprint density at radius 3 is 2.44 bits per heavy atom. The summed E-state index contributed by atoms with van der Waals surface area (Å²) in [7, 11) is 0. The molecule has 0 aliphatic carbocycles. The lowest BCUT2D eigenvalue weighted by molar-refractivity contribution is 0.260. The Labute approximate surface area is 112 Å². The third kappa shape index (κ3) is 3.14. The molecule has 1 aliphatic rings. The topological polar surface area (TPSA) is 12.0 Å². The molecule has 1 aliphatic heterocycles. The molecule has 0 saturated carbocycles. The Hall–Kier alpha value is -0.820. The monoisotopic (exact) mass is 245 g/mol. The second-order valence-corrected chi connectivity index (χ2v) is 6.15. The van der Waals surface area contributed by atoms with Crippen LogP contribution in [0.15, 0.2) is 12.1 Å². The Kier molecular flexibility index (Phi) is 4.45. The molecule has 0 spiro atoms. The van der Waals surface area contributed by atoms with Gasteiger partial charge in [0.2, 0.25) is 0 Å². The van der Waals surface area contributed by atoms with Crippen LogP contribution in [0.5, 0.6) is 0 Å². The van der Waals surface area contributed by atoms with Crippen molar-refractivity contribution < 1.29 is 0 Å². The van der Waals surface area contributed by atoms with Crippen LogP contribution >= 0.6 is 0 Å². The van der Waals surface area contributed by atoms with Crippen LogP contribution in [-0.4, -0.2) is 13.1 Å². The van der Waals surface area contributed by atoms with Gasteiger partial charge in [-0.2, -0.15) is 0 Å². The van der Waals surface area contributed by atoms with E-state index in [0.717, 1.165) is 11.8 Å². The second-order valence-electron chi connectivity index (χ2n) is 6.15. The maximum atomic E-state index is 3.54. The molecule has 1 aromatic rings. The van der Waals surface area contributed by atoms with Crippen molar-refractivity contribution in [3.8, 4) is 0 Å². The van der Waals surface area contributed by atoms with E-state index in [-0.39, 0.29) is 0 Å². The molecule has 1 nitrogen and oxygen atoms in total. The fourth-order valence-corrected chi connectivity index (χ4v) is 3.37. The predicted octanol–water partition coefficient (Wildman–Crippen LogP) is 3.79. The fourth-order valence-electron chi connectivity index (χ4n) is 3.37. The lowest BCUT2D eigenvalue weighted by Crippen LogP contribution is -2.35. The van der Waals surface area contributed by atoms with Crippen LogP contribution in [-0.2, 0) is 6.42 Å². The van der Waals surface area contributed by atoms with Gasteiger partial charge in [-0.3, -0.25) is 0 Å². The van der Waals surface area contributed by atoms with E-state index in [0.29, 0.717) is 0 Å². The van der Waals surface area contributed by atoms with Crippen molar-refractivity contribution in [1.82, 2.24) is 5.32 Å². The zero-order valence-corrected chi connectivity index (χ0v) is 12.3. The molecule has 1 fully saturated rings. The Bertz CT molecular complexity index is 385. The van der Waals surface area contributed by atoms with Gasteiger partial charge in [0.1, 0.15) is 0 Å². The van der Waals surface area contributed by atoms with Crippen LogP contribution < -0.4 is 5.32 Å². The molecule has 1 N–H and O–H groups in total. The number of rotatable bonds is 3. The summed E-state index contributed by atoms with van der Waals surface area (Å²) in [6.07, 6.45) is 3.92. The highest BCUT2D eigenvalue weighted by molar-refractivity contribution is 5.37. The molecule has 1 heterocycles. The van der Waals surface area contributed by atoms with E-state index in [9.17, 15) is 0 Å². The molecule has 18 heavy (non-hydrogen) atoms. The summed E-state index contributed by atoms with van der Waals surface area (Å²) in [4.78, 5) is 0. The summed E-state index contributed by atoms with van der Waals surface area (Å²) in [5, 5.41) is 3.54. The lowest BCUT2D eigenvalue weighted by Gasteiger charge is -2.30.